The molecule has 0 aromatic heterocycles. The summed E-state index contributed by atoms with van der Waals surface area (Å²) in [6, 6.07) is 13.8. The molecule has 112 valence electrons. The van der Waals surface area contributed by atoms with Crippen molar-refractivity contribution in [2.75, 3.05) is 6.54 Å². The summed E-state index contributed by atoms with van der Waals surface area (Å²) in [5.74, 6) is -0.152. The molecule has 1 atom stereocenters. The molecule has 21 heavy (non-hydrogen) atoms. The molecule has 0 spiro atoms. The molecular weight excluding hydrogens is 329 g/mol. The molecule has 2 aromatic carbocycles. The van der Waals surface area contributed by atoms with E-state index in [-0.39, 0.29) is 11.9 Å². The zero-order valence-corrected chi connectivity index (χ0v) is 14.1. The van der Waals surface area contributed by atoms with Gasteiger partial charge >= 0.3 is 0 Å². The minimum Gasteiger partial charge on any atom is -0.310 e. The second-order valence-corrected chi connectivity index (χ2v) is 6.28. The Balaban J connectivity index is 2.23. The Morgan fingerprint density at radius 3 is 2.67 bits per heavy atom. The summed E-state index contributed by atoms with van der Waals surface area (Å²) in [4.78, 5) is 0. The first-order valence-electron chi connectivity index (χ1n) is 7.34. The van der Waals surface area contributed by atoms with Gasteiger partial charge in [0.2, 0.25) is 0 Å². The fourth-order valence-corrected chi connectivity index (χ4v) is 2.75. The van der Waals surface area contributed by atoms with Crippen LogP contribution in [-0.2, 0) is 6.42 Å². The number of rotatable bonds is 6. The molecule has 0 aliphatic rings. The Morgan fingerprint density at radius 2 is 2.00 bits per heavy atom. The predicted molar refractivity (Wildman–Crippen MR) is 90.0 cm³/mol. The average molecular weight is 350 g/mol. The molecule has 0 radical (unpaired) electrons. The van der Waals surface area contributed by atoms with Gasteiger partial charge in [-0.15, -0.1) is 0 Å². The van der Waals surface area contributed by atoms with Crippen molar-refractivity contribution in [3.63, 3.8) is 0 Å². The van der Waals surface area contributed by atoms with Gasteiger partial charge in [-0.2, -0.15) is 0 Å². The molecule has 0 saturated heterocycles. The van der Waals surface area contributed by atoms with Crippen molar-refractivity contribution in [1.82, 2.24) is 5.32 Å². The summed E-state index contributed by atoms with van der Waals surface area (Å²) >= 11 is 3.30. The Morgan fingerprint density at radius 1 is 1.19 bits per heavy atom. The number of benzene rings is 2. The molecule has 2 aromatic rings. The molecule has 3 heteroatoms. The Kier molecular flexibility index (Phi) is 5.95. The summed E-state index contributed by atoms with van der Waals surface area (Å²) in [6.45, 7) is 5.15. The van der Waals surface area contributed by atoms with Gasteiger partial charge in [0.05, 0.1) is 0 Å². The highest BCUT2D eigenvalue weighted by molar-refractivity contribution is 9.10. The van der Waals surface area contributed by atoms with Gasteiger partial charge in [-0.3, -0.25) is 0 Å². The summed E-state index contributed by atoms with van der Waals surface area (Å²) in [5.41, 5.74) is 3.19. The number of nitrogens with one attached hydrogen (secondary N) is 1. The zero-order chi connectivity index (χ0) is 15.2. The molecule has 1 nitrogen and oxygen atoms in total. The molecule has 0 aliphatic heterocycles. The lowest BCUT2D eigenvalue weighted by Crippen LogP contribution is -2.24. The fourth-order valence-electron chi connectivity index (χ4n) is 2.42. The van der Waals surface area contributed by atoms with Crippen LogP contribution in [0.5, 0.6) is 0 Å². The number of aryl methyl sites for hydroxylation is 1. The smallest absolute Gasteiger partial charge is 0.127 e. The summed E-state index contributed by atoms with van der Waals surface area (Å²) in [6.07, 6.45) is 1.72. The lowest BCUT2D eigenvalue weighted by molar-refractivity contribution is 0.512. The van der Waals surface area contributed by atoms with Crippen molar-refractivity contribution in [3.8, 4) is 0 Å². The second-order valence-electron chi connectivity index (χ2n) is 5.36. The van der Waals surface area contributed by atoms with Gasteiger partial charge in [0.15, 0.2) is 0 Å². The lowest BCUT2D eigenvalue weighted by Gasteiger charge is -2.20. The van der Waals surface area contributed by atoms with Crippen LogP contribution in [-0.4, -0.2) is 6.54 Å². The van der Waals surface area contributed by atoms with E-state index >= 15 is 0 Å². The van der Waals surface area contributed by atoms with Crippen molar-refractivity contribution < 1.29 is 4.39 Å². The van der Waals surface area contributed by atoms with E-state index in [4.69, 9.17) is 0 Å². The standard InChI is InChI=1S/C18H21BrFN/c1-3-9-21-18(15-6-4-5-13(2)10-15)11-14-7-8-16(19)12-17(14)20/h4-8,10,12,18,21H,3,9,11H2,1-2H3. The Hall–Kier alpha value is -1.19. The SMILES string of the molecule is CCCNC(Cc1ccc(Br)cc1F)c1cccc(C)c1. The largest absolute Gasteiger partial charge is 0.310 e. The van der Waals surface area contributed by atoms with E-state index in [1.165, 1.54) is 17.2 Å². The van der Waals surface area contributed by atoms with E-state index in [2.05, 4.69) is 59.4 Å². The van der Waals surface area contributed by atoms with Gasteiger partial charge in [-0.1, -0.05) is 58.7 Å². The van der Waals surface area contributed by atoms with Crippen molar-refractivity contribution in [2.45, 2.75) is 32.7 Å². The fraction of sp³-hybridized carbons (Fsp3) is 0.333. The maximum atomic E-state index is 14.1. The van der Waals surface area contributed by atoms with Crippen LogP contribution in [0.15, 0.2) is 46.9 Å². The summed E-state index contributed by atoms with van der Waals surface area (Å²) in [7, 11) is 0. The van der Waals surface area contributed by atoms with Gasteiger partial charge in [0.1, 0.15) is 5.82 Å². The van der Waals surface area contributed by atoms with E-state index in [0.717, 1.165) is 23.0 Å². The van der Waals surface area contributed by atoms with E-state index in [9.17, 15) is 4.39 Å². The average Bonchev–Trinajstić information content (AvgIpc) is 2.45. The molecule has 1 unspecified atom stereocenters. The highest BCUT2D eigenvalue weighted by Crippen LogP contribution is 2.23. The van der Waals surface area contributed by atoms with Crippen LogP contribution >= 0.6 is 15.9 Å². The number of hydrogen-bond acceptors (Lipinski definition) is 1. The molecule has 0 aliphatic carbocycles. The van der Waals surface area contributed by atoms with Gasteiger partial charge < -0.3 is 5.32 Å². The van der Waals surface area contributed by atoms with E-state index in [0.29, 0.717) is 6.42 Å². The molecule has 2 rings (SSSR count). The van der Waals surface area contributed by atoms with Crippen LogP contribution in [0.25, 0.3) is 0 Å². The quantitative estimate of drug-likeness (QED) is 0.757. The van der Waals surface area contributed by atoms with Gasteiger partial charge in [-0.05, 0) is 49.6 Å². The van der Waals surface area contributed by atoms with Crippen molar-refractivity contribution in [1.29, 1.82) is 0 Å². The van der Waals surface area contributed by atoms with Crippen LogP contribution in [0.1, 0.15) is 36.1 Å². The molecule has 0 fully saturated rings. The first kappa shape index (κ1) is 16.2. The van der Waals surface area contributed by atoms with Crippen molar-refractivity contribution in [2.24, 2.45) is 0 Å². The maximum Gasteiger partial charge on any atom is 0.127 e. The van der Waals surface area contributed by atoms with Crippen LogP contribution in [0, 0.1) is 12.7 Å². The zero-order valence-electron chi connectivity index (χ0n) is 12.5. The number of halogens is 2. The highest BCUT2D eigenvalue weighted by Gasteiger charge is 2.14. The summed E-state index contributed by atoms with van der Waals surface area (Å²) < 4.78 is 14.8. The maximum absolute atomic E-state index is 14.1. The van der Waals surface area contributed by atoms with Crippen LogP contribution in [0.4, 0.5) is 4.39 Å². The lowest BCUT2D eigenvalue weighted by atomic mass is 9.97. The van der Waals surface area contributed by atoms with Crippen LogP contribution < -0.4 is 5.32 Å². The minimum atomic E-state index is -0.152. The van der Waals surface area contributed by atoms with E-state index in [1.807, 2.05) is 12.1 Å². The minimum absolute atomic E-state index is 0.139. The van der Waals surface area contributed by atoms with Gasteiger partial charge in [0.25, 0.3) is 0 Å². The molecule has 0 saturated carbocycles. The molecular formula is C18H21BrFN. The topological polar surface area (TPSA) is 12.0 Å². The van der Waals surface area contributed by atoms with Crippen LogP contribution in [0.3, 0.4) is 0 Å². The first-order valence-corrected chi connectivity index (χ1v) is 8.13. The van der Waals surface area contributed by atoms with E-state index < -0.39 is 0 Å². The molecule has 0 heterocycles. The van der Waals surface area contributed by atoms with Crippen molar-refractivity contribution >= 4 is 15.9 Å². The third-order valence-electron chi connectivity index (χ3n) is 3.52. The predicted octanol–water partition coefficient (Wildman–Crippen LogP) is 5.18. The van der Waals surface area contributed by atoms with Crippen LogP contribution in [0.2, 0.25) is 0 Å². The Labute approximate surface area is 134 Å². The Bertz CT molecular complexity index is 598. The first-order chi connectivity index (χ1) is 10.1. The summed E-state index contributed by atoms with van der Waals surface area (Å²) in [5, 5.41) is 3.52. The molecule has 1 N–H and O–H groups in total. The van der Waals surface area contributed by atoms with E-state index in [1.54, 1.807) is 0 Å². The van der Waals surface area contributed by atoms with Gasteiger partial charge in [0, 0.05) is 10.5 Å². The second kappa shape index (κ2) is 7.71. The number of hydrogen-bond donors (Lipinski definition) is 1. The highest BCUT2D eigenvalue weighted by atomic mass is 79.9. The van der Waals surface area contributed by atoms with Gasteiger partial charge in [-0.25, -0.2) is 4.39 Å². The molecule has 0 bridgehead atoms. The normalized spacial score (nSPS) is 12.4. The van der Waals surface area contributed by atoms with Crippen molar-refractivity contribution in [3.05, 3.63) is 69.4 Å². The monoisotopic (exact) mass is 349 g/mol. The third-order valence-corrected chi connectivity index (χ3v) is 4.02. The molecule has 0 amide bonds. The third kappa shape index (κ3) is 4.65.